The third-order valence-electron chi connectivity index (χ3n) is 1.81. The second-order valence-corrected chi connectivity index (χ2v) is 2.79. The molecule has 1 rings (SSSR count). The van der Waals surface area contributed by atoms with Crippen LogP contribution in [-0.4, -0.2) is 27.3 Å². The Hall–Kier alpha value is -1.36. The molecule has 1 atom stereocenters. The summed E-state index contributed by atoms with van der Waals surface area (Å²) >= 11 is 0. The summed E-state index contributed by atoms with van der Waals surface area (Å²) < 4.78 is 0. The van der Waals surface area contributed by atoms with Crippen LogP contribution in [-0.2, 0) is 11.3 Å². The van der Waals surface area contributed by atoms with Crippen molar-refractivity contribution in [2.45, 2.75) is 25.9 Å². The van der Waals surface area contributed by atoms with Crippen molar-refractivity contribution in [2.24, 2.45) is 0 Å². The van der Waals surface area contributed by atoms with Gasteiger partial charge in [0.25, 0.3) is 0 Å². The molecule has 0 spiro atoms. The van der Waals surface area contributed by atoms with E-state index in [4.69, 9.17) is 5.11 Å². The fourth-order valence-electron chi connectivity index (χ4n) is 1.02. The van der Waals surface area contributed by atoms with Crippen LogP contribution >= 0.6 is 0 Å². The van der Waals surface area contributed by atoms with E-state index < -0.39 is 12.0 Å². The molecular weight excluding hydrogens is 170 g/mol. The number of carboxylic acids is 1. The van der Waals surface area contributed by atoms with Crippen molar-refractivity contribution in [2.75, 3.05) is 0 Å². The molecule has 3 N–H and O–H groups in total. The summed E-state index contributed by atoms with van der Waals surface area (Å²) in [7, 11) is 0. The lowest BCUT2D eigenvalue weighted by molar-refractivity contribution is -0.139. The number of hydrogen-bond acceptors (Lipinski definition) is 3. The van der Waals surface area contributed by atoms with E-state index in [1.165, 1.54) is 0 Å². The number of nitrogens with zero attached hydrogens (tertiary/aromatic N) is 1. The summed E-state index contributed by atoms with van der Waals surface area (Å²) in [5.41, 5.74) is 0.958. The highest BCUT2D eigenvalue weighted by molar-refractivity contribution is 5.73. The molecule has 0 radical (unpaired) electrons. The van der Waals surface area contributed by atoms with Crippen LogP contribution < -0.4 is 5.32 Å². The molecule has 0 amide bonds. The Morgan fingerprint density at radius 2 is 2.62 bits per heavy atom. The third kappa shape index (κ3) is 2.87. The monoisotopic (exact) mass is 183 g/mol. The van der Waals surface area contributed by atoms with E-state index in [2.05, 4.69) is 15.5 Å². The Morgan fingerprint density at radius 1 is 1.85 bits per heavy atom. The molecule has 1 unspecified atom stereocenters. The lowest BCUT2D eigenvalue weighted by Crippen LogP contribution is -2.35. The standard InChI is InChI=1S/C8H13N3O2/c1-2-7(8(12)13)9-3-6-4-10-11-5-6/h4-5,7,9H,2-3H2,1H3,(H,10,11)(H,12,13). The first-order chi connectivity index (χ1) is 6.24. The van der Waals surface area contributed by atoms with E-state index in [0.29, 0.717) is 13.0 Å². The van der Waals surface area contributed by atoms with Crippen LogP contribution in [0.4, 0.5) is 0 Å². The Morgan fingerprint density at radius 3 is 3.08 bits per heavy atom. The van der Waals surface area contributed by atoms with Crippen LogP contribution in [0.5, 0.6) is 0 Å². The molecule has 1 aromatic rings. The fourth-order valence-corrected chi connectivity index (χ4v) is 1.02. The van der Waals surface area contributed by atoms with E-state index in [-0.39, 0.29) is 0 Å². The Labute approximate surface area is 76.2 Å². The van der Waals surface area contributed by atoms with Crippen LogP contribution in [0.2, 0.25) is 0 Å². The molecular formula is C8H13N3O2. The SMILES string of the molecule is CCC(NCc1cn[nH]c1)C(=O)O. The van der Waals surface area contributed by atoms with E-state index in [9.17, 15) is 4.79 Å². The van der Waals surface area contributed by atoms with Gasteiger partial charge in [0, 0.05) is 18.3 Å². The van der Waals surface area contributed by atoms with Crippen molar-refractivity contribution in [3.8, 4) is 0 Å². The van der Waals surface area contributed by atoms with Gasteiger partial charge in [-0.3, -0.25) is 9.89 Å². The van der Waals surface area contributed by atoms with Crippen LogP contribution in [0.25, 0.3) is 0 Å². The molecule has 0 aliphatic rings. The normalized spacial score (nSPS) is 12.7. The fraction of sp³-hybridized carbons (Fsp3) is 0.500. The first-order valence-corrected chi connectivity index (χ1v) is 4.18. The number of aromatic nitrogens is 2. The van der Waals surface area contributed by atoms with Crippen molar-refractivity contribution in [1.82, 2.24) is 15.5 Å². The second-order valence-electron chi connectivity index (χ2n) is 2.79. The van der Waals surface area contributed by atoms with Crippen molar-refractivity contribution in [1.29, 1.82) is 0 Å². The topological polar surface area (TPSA) is 78.0 Å². The Kier molecular flexibility index (Phi) is 3.45. The maximum atomic E-state index is 10.6. The highest BCUT2D eigenvalue weighted by Gasteiger charge is 2.13. The summed E-state index contributed by atoms with van der Waals surface area (Å²) in [6, 6.07) is -0.477. The van der Waals surface area contributed by atoms with Crippen molar-refractivity contribution >= 4 is 5.97 Å². The van der Waals surface area contributed by atoms with Gasteiger partial charge >= 0.3 is 5.97 Å². The highest BCUT2D eigenvalue weighted by Crippen LogP contribution is 1.96. The summed E-state index contributed by atoms with van der Waals surface area (Å²) in [4.78, 5) is 10.6. The lowest BCUT2D eigenvalue weighted by Gasteiger charge is -2.10. The average molecular weight is 183 g/mol. The quantitative estimate of drug-likeness (QED) is 0.616. The zero-order chi connectivity index (χ0) is 9.68. The summed E-state index contributed by atoms with van der Waals surface area (Å²) in [6.07, 6.45) is 3.98. The number of carboxylic acid groups (broad SMARTS) is 1. The number of nitrogens with one attached hydrogen (secondary N) is 2. The number of hydrogen-bond donors (Lipinski definition) is 3. The van der Waals surface area contributed by atoms with Crippen molar-refractivity contribution < 1.29 is 9.90 Å². The maximum Gasteiger partial charge on any atom is 0.320 e. The number of H-pyrrole nitrogens is 1. The van der Waals surface area contributed by atoms with Gasteiger partial charge in [0.1, 0.15) is 6.04 Å². The summed E-state index contributed by atoms with van der Waals surface area (Å²) in [6.45, 7) is 2.36. The molecule has 5 heteroatoms. The van der Waals surface area contributed by atoms with Crippen LogP contribution in [0.1, 0.15) is 18.9 Å². The number of carbonyl (C=O) groups is 1. The highest BCUT2D eigenvalue weighted by atomic mass is 16.4. The van der Waals surface area contributed by atoms with Gasteiger partial charge in [-0.25, -0.2) is 0 Å². The van der Waals surface area contributed by atoms with Gasteiger partial charge in [-0.05, 0) is 6.42 Å². The number of aliphatic carboxylic acids is 1. The first kappa shape index (κ1) is 9.73. The average Bonchev–Trinajstić information content (AvgIpc) is 2.57. The molecule has 0 aromatic carbocycles. The van der Waals surface area contributed by atoms with Gasteiger partial charge in [0.15, 0.2) is 0 Å². The molecule has 1 heterocycles. The molecule has 0 saturated heterocycles. The van der Waals surface area contributed by atoms with E-state index in [0.717, 1.165) is 5.56 Å². The minimum Gasteiger partial charge on any atom is -0.480 e. The first-order valence-electron chi connectivity index (χ1n) is 4.18. The smallest absolute Gasteiger partial charge is 0.320 e. The summed E-state index contributed by atoms with van der Waals surface area (Å²) in [5.74, 6) is -0.814. The van der Waals surface area contributed by atoms with Gasteiger partial charge in [-0.15, -0.1) is 0 Å². The zero-order valence-electron chi connectivity index (χ0n) is 7.45. The number of aromatic amines is 1. The minimum atomic E-state index is -0.814. The lowest BCUT2D eigenvalue weighted by atomic mass is 10.2. The third-order valence-corrected chi connectivity index (χ3v) is 1.81. The largest absolute Gasteiger partial charge is 0.480 e. The molecule has 13 heavy (non-hydrogen) atoms. The molecule has 0 aliphatic carbocycles. The predicted octanol–water partition coefficient (Wildman–Crippen LogP) is 0.362. The maximum absolute atomic E-state index is 10.6. The molecule has 0 bridgehead atoms. The predicted molar refractivity (Wildman–Crippen MR) is 47.1 cm³/mol. The van der Waals surface area contributed by atoms with Crippen molar-refractivity contribution in [3.63, 3.8) is 0 Å². The van der Waals surface area contributed by atoms with E-state index in [1.807, 2.05) is 6.92 Å². The molecule has 0 aliphatic heterocycles. The van der Waals surface area contributed by atoms with Gasteiger partial charge in [0.2, 0.25) is 0 Å². The van der Waals surface area contributed by atoms with Gasteiger partial charge in [-0.2, -0.15) is 5.10 Å². The van der Waals surface area contributed by atoms with Crippen molar-refractivity contribution in [3.05, 3.63) is 18.0 Å². The van der Waals surface area contributed by atoms with Gasteiger partial charge < -0.3 is 10.4 Å². The van der Waals surface area contributed by atoms with E-state index in [1.54, 1.807) is 12.4 Å². The molecule has 0 saturated carbocycles. The van der Waals surface area contributed by atoms with Crippen LogP contribution in [0.15, 0.2) is 12.4 Å². The second kappa shape index (κ2) is 4.61. The van der Waals surface area contributed by atoms with E-state index >= 15 is 0 Å². The Balaban J connectivity index is 2.36. The van der Waals surface area contributed by atoms with Gasteiger partial charge in [0.05, 0.1) is 6.20 Å². The number of rotatable bonds is 5. The molecule has 0 fully saturated rings. The molecule has 5 nitrogen and oxygen atoms in total. The Bertz CT molecular complexity index is 258. The zero-order valence-corrected chi connectivity index (χ0v) is 7.45. The van der Waals surface area contributed by atoms with Gasteiger partial charge in [-0.1, -0.05) is 6.92 Å². The summed E-state index contributed by atoms with van der Waals surface area (Å²) in [5, 5.41) is 18.0. The molecule has 72 valence electrons. The van der Waals surface area contributed by atoms with Crippen LogP contribution in [0.3, 0.4) is 0 Å². The minimum absolute atomic E-state index is 0.477. The van der Waals surface area contributed by atoms with Crippen LogP contribution in [0, 0.1) is 0 Å². The molecule has 1 aromatic heterocycles.